The molecule has 0 fully saturated rings. The zero-order chi connectivity index (χ0) is 48.3. The van der Waals surface area contributed by atoms with Crippen molar-refractivity contribution in [1.29, 1.82) is 0 Å². The van der Waals surface area contributed by atoms with Gasteiger partial charge in [-0.1, -0.05) is 284 Å². The number of rotatable bonds is 56. The molecule has 0 bridgehead atoms. The van der Waals surface area contributed by atoms with Gasteiger partial charge in [0.25, 0.3) is 0 Å². The molecule has 0 aromatic carbocycles. The highest BCUT2D eigenvalue weighted by Crippen LogP contribution is 2.43. The van der Waals surface area contributed by atoms with Crippen LogP contribution in [0.2, 0.25) is 0 Å². The summed E-state index contributed by atoms with van der Waals surface area (Å²) in [6.45, 7) is 5.72. The minimum absolute atomic E-state index is 0.0944. The molecule has 0 aliphatic rings. The van der Waals surface area contributed by atoms with Crippen LogP contribution in [-0.4, -0.2) is 75.6 Å². The van der Waals surface area contributed by atoms with E-state index in [9.17, 15) is 14.3 Å². The fourth-order valence-electron chi connectivity index (χ4n) is 8.91. The maximum absolute atomic E-state index is 12.8. The van der Waals surface area contributed by atoms with Crippen molar-refractivity contribution in [3.8, 4) is 0 Å². The Bertz CT molecular complexity index is 1020. The normalized spacial score (nSPS) is 13.4. The van der Waals surface area contributed by atoms with Crippen LogP contribution in [0.5, 0.6) is 0 Å². The van der Waals surface area contributed by atoms with Gasteiger partial charge in [-0.25, -0.2) is 4.57 Å². The van der Waals surface area contributed by atoms with Gasteiger partial charge in [-0.2, -0.15) is 0 Å². The number of carbonyl (C=O) groups excluding carboxylic acids is 1. The number of hydrogen-bond donors (Lipinski definition) is 1. The standard InChI is InChI=1S/C57H116NO7P/c1-6-8-10-12-14-16-18-20-22-24-26-27-28-29-30-31-32-33-34-36-38-40-42-44-46-48-50-57(59)65-56(55-64-66(60,61)63-53-51-58(3,4)5)54-62-52-49-47-45-43-41-39-37-35-25-23-21-19-17-15-13-11-9-7-2/h56H,6-55H2,1-5H3/p+1/t56-/m1/s1. The Kier molecular flexibility index (Phi) is 50.5. The number of phosphoric acid groups is 1. The van der Waals surface area contributed by atoms with Crippen LogP contribution in [0, 0.1) is 0 Å². The summed E-state index contributed by atoms with van der Waals surface area (Å²) in [4.78, 5) is 23.1. The molecular formula is C57H117NO7P+. The lowest BCUT2D eigenvalue weighted by Crippen LogP contribution is -2.37. The quantitative estimate of drug-likeness (QED) is 0.0281. The number of unbranched alkanes of at least 4 members (excludes halogenated alkanes) is 42. The van der Waals surface area contributed by atoms with E-state index in [-0.39, 0.29) is 25.8 Å². The summed E-state index contributed by atoms with van der Waals surface area (Å²) in [6, 6.07) is 0. The fraction of sp³-hybridized carbons (Fsp3) is 0.982. The third kappa shape index (κ3) is 54.4. The van der Waals surface area contributed by atoms with E-state index >= 15 is 0 Å². The van der Waals surface area contributed by atoms with Gasteiger partial charge in [0, 0.05) is 13.0 Å². The molecule has 1 N–H and O–H groups in total. The Labute approximate surface area is 412 Å². The highest BCUT2D eigenvalue weighted by Gasteiger charge is 2.26. The van der Waals surface area contributed by atoms with Gasteiger partial charge >= 0.3 is 13.8 Å². The van der Waals surface area contributed by atoms with Crippen LogP contribution < -0.4 is 0 Å². The van der Waals surface area contributed by atoms with Crippen LogP contribution in [0.3, 0.4) is 0 Å². The third-order valence-corrected chi connectivity index (χ3v) is 14.4. The van der Waals surface area contributed by atoms with E-state index in [4.69, 9.17) is 18.5 Å². The number of hydrogen-bond acceptors (Lipinski definition) is 6. The molecule has 0 aliphatic carbocycles. The first kappa shape index (κ1) is 65.5. The summed E-state index contributed by atoms with van der Waals surface area (Å²) in [5.74, 6) is -0.302. The number of likely N-dealkylation sites (N-methyl/N-ethyl adjacent to an activating group) is 1. The predicted octanol–water partition coefficient (Wildman–Crippen LogP) is 18.3. The van der Waals surface area contributed by atoms with Crippen LogP contribution in [0.1, 0.15) is 303 Å². The summed E-state index contributed by atoms with van der Waals surface area (Å²) in [5, 5.41) is 0. The van der Waals surface area contributed by atoms with E-state index in [1.54, 1.807) is 0 Å². The molecule has 0 saturated heterocycles. The highest BCUT2D eigenvalue weighted by atomic mass is 31.2. The smallest absolute Gasteiger partial charge is 0.457 e. The highest BCUT2D eigenvalue weighted by molar-refractivity contribution is 7.47. The van der Waals surface area contributed by atoms with Crippen molar-refractivity contribution in [2.45, 2.75) is 309 Å². The molecule has 0 aliphatic heterocycles. The Morgan fingerprint density at radius 1 is 0.409 bits per heavy atom. The molecule has 8 nitrogen and oxygen atoms in total. The van der Waals surface area contributed by atoms with Gasteiger partial charge in [-0.15, -0.1) is 0 Å². The monoisotopic (exact) mass is 959 g/mol. The Balaban J connectivity index is 3.98. The third-order valence-electron chi connectivity index (χ3n) is 13.4. The molecule has 0 amide bonds. The number of ether oxygens (including phenoxy) is 2. The maximum Gasteiger partial charge on any atom is 0.472 e. The van der Waals surface area contributed by atoms with Crippen LogP contribution in [-0.2, 0) is 27.9 Å². The number of nitrogens with zero attached hydrogens (tertiary/aromatic N) is 1. The second kappa shape index (κ2) is 50.9. The number of quaternary nitrogens is 1. The van der Waals surface area contributed by atoms with Crippen molar-refractivity contribution < 1.29 is 37.3 Å². The molecule has 2 atom stereocenters. The molecule has 66 heavy (non-hydrogen) atoms. The van der Waals surface area contributed by atoms with Gasteiger partial charge in [-0.3, -0.25) is 13.8 Å². The fourth-order valence-corrected chi connectivity index (χ4v) is 9.65. The van der Waals surface area contributed by atoms with Crippen LogP contribution in [0.4, 0.5) is 0 Å². The molecule has 1 unspecified atom stereocenters. The average molecular weight is 960 g/mol. The van der Waals surface area contributed by atoms with Gasteiger partial charge in [0.15, 0.2) is 0 Å². The van der Waals surface area contributed by atoms with Crippen LogP contribution >= 0.6 is 7.82 Å². The topological polar surface area (TPSA) is 91.3 Å². The predicted molar refractivity (Wildman–Crippen MR) is 284 cm³/mol. The first-order chi connectivity index (χ1) is 32.1. The maximum atomic E-state index is 12.8. The summed E-state index contributed by atoms with van der Waals surface area (Å²) in [5.41, 5.74) is 0. The van der Waals surface area contributed by atoms with E-state index in [2.05, 4.69) is 13.8 Å². The molecular weight excluding hydrogens is 842 g/mol. The Hall–Kier alpha value is -0.500. The molecule has 0 radical (unpaired) electrons. The first-order valence-electron chi connectivity index (χ1n) is 29.3. The van der Waals surface area contributed by atoms with Crippen molar-refractivity contribution in [1.82, 2.24) is 0 Å². The first-order valence-corrected chi connectivity index (χ1v) is 30.8. The Morgan fingerprint density at radius 3 is 1.00 bits per heavy atom. The molecule has 396 valence electrons. The molecule has 0 rings (SSSR count). The van der Waals surface area contributed by atoms with Gasteiger partial charge in [0.05, 0.1) is 34.4 Å². The second-order valence-corrected chi connectivity index (χ2v) is 22.9. The Morgan fingerprint density at radius 2 is 0.697 bits per heavy atom. The van der Waals surface area contributed by atoms with Crippen LogP contribution in [0.25, 0.3) is 0 Å². The lowest BCUT2D eigenvalue weighted by molar-refractivity contribution is -0.870. The molecule has 0 aromatic rings. The summed E-state index contributed by atoms with van der Waals surface area (Å²) >= 11 is 0. The van der Waals surface area contributed by atoms with Crippen molar-refractivity contribution in [3.63, 3.8) is 0 Å². The van der Waals surface area contributed by atoms with Crippen LogP contribution in [0.15, 0.2) is 0 Å². The summed E-state index contributed by atoms with van der Waals surface area (Å²) in [6.07, 6.45) is 58.8. The van der Waals surface area contributed by atoms with Gasteiger partial charge in [0.1, 0.15) is 19.3 Å². The average Bonchev–Trinajstić information content (AvgIpc) is 3.28. The molecule has 0 heterocycles. The van der Waals surface area contributed by atoms with E-state index in [0.717, 1.165) is 32.1 Å². The summed E-state index contributed by atoms with van der Waals surface area (Å²) in [7, 11) is 1.69. The summed E-state index contributed by atoms with van der Waals surface area (Å²) < 4.78 is 35.3. The lowest BCUT2D eigenvalue weighted by Gasteiger charge is -2.24. The van der Waals surface area contributed by atoms with Gasteiger partial charge < -0.3 is 18.9 Å². The number of phosphoric ester groups is 1. The van der Waals surface area contributed by atoms with Gasteiger partial charge in [-0.05, 0) is 12.8 Å². The van der Waals surface area contributed by atoms with E-state index < -0.39 is 13.9 Å². The van der Waals surface area contributed by atoms with E-state index in [1.165, 1.54) is 250 Å². The van der Waals surface area contributed by atoms with Crippen molar-refractivity contribution in [2.75, 3.05) is 54.1 Å². The zero-order valence-electron chi connectivity index (χ0n) is 45.2. The largest absolute Gasteiger partial charge is 0.472 e. The van der Waals surface area contributed by atoms with E-state index in [1.807, 2.05) is 21.1 Å². The van der Waals surface area contributed by atoms with E-state index in [0.29, 0.717) is 24.1 Å². The zero-order valence-corrected chi connectivity index (χ0v) is 46.1. The van der Waals surface area contributed by atoms with Crippen molar-refractivity contribution >= 4 is 13.8 Å². The molecule has 0 spiro atoms. The number of esters is 1. The molecule has 0 saturated carbocycles. The minimum atomic E-state index is -4.28. The second-order valence-electron chi connectivity index (χ2n) is 21.4. The van der Waals surface area contributed by atoms with Gasteiger partial charge in [0.2, 0.25) is 0 Å². The van der Waals surface area contributed by atoms with Crippen molar-refractivity contribution in [2.24, 2.45) is 0 Å². The molecule has 9 heteroatoms. The lowest BCUT2D eigenvalue weighted by atomic mass is 10.0. The minimum Gasteiger partial charge on any atom is -0.457 e. The van der Waals surface area contributed by atoms with Crippen molar-refractivity contribution in [3.05, 3.63) is 0 Å². The SMILES string of the molecule is CCCCCCCCCCCCCCCCCCCCCCCCCCCCC(=O)O[C@H](COCCCCCCCCCCCCCCCCCCCC)COP(=O)(O)OCC[N+](C)(C)C. The number of carbonyl (C=O) groups is 1. The molecule has 0 aromatic heterocycles.